The molecule has 0 atom stereocenters. The SMILES string of the molecule is CCCCCCCc1ccc2c(oc(=S)c3cc(C4CCC(C)CC4)ccc32)c1F. The van der Waals surface area contributed by atoms with E-state index < -0.39 is 0 Å². The highest BCUT2D eigenvalue weighted by molar-refractivity contribution is 7.71. The zero-order chi connectivity index (χ0) is 21.1. The lowest BCUT2D eigenvalue weighted by Gasteiger charge is -2.26. The van der Waals surface area contributed by atoms with Crippen LogP contribution in [0.4, 0.5) is 4.39 Å². The summed E-state index contributed by atoms with van der Waals surface area (Å²) in [4.78, 5) is 0. The molecule has 0 spiro atoms. The Kier molecular flexibility index (Phi) is 6.87. The van der Waals surface area contributed by atoms with Crippen LogP contribution in [-0.2, 0) is 6.42 Å². The van der Waals surface area contributed by atoms with Crippen molar-refractivity contribution in [3.63, 3.8) is 0 Å². The fourth-order valence-corrected chi connectivity index (χ4v) is 5.23. The van der Waals surface area contributed by atoms with Crippen LogP contribution >= 0.6 is 12.2 Å². The van der Waals surface area contributed by atoms with E-state index in [2.05, 4.69) is 32.0 Å². The van der Waals surface area contributed by atoms with Crippen LogP contribution in [-0.4, -0.2) is 0 Å². The topological polar surface area (TPSA) is 13.1 Å². The van der Waals surface area contributed by atoms with Crippen LogP contribution in [0.1, 0.15) is 88.7 Å². The van der Waals surface area contributed by atoms with E-state index in [1.165, 1.54) is 50.5 Å². The van der Waals surface area contributed by atoms with Crippen molar-refractivity contribution in [1.82, 2.24) is 0 Å². The Morgan fingerprint density at radius 3 is 2.43 bits per heavy atom. The van der Waals surface area contributed by atoms with Gasteiger partial charge in [-0.1, -0.05) is 76.6 Å². The lowest BCUT2D eigenvalue weighted by Crippen LogP contribution is -2.10. The highest BCUT2D eigenvalue weighted by Crippen LogP contribution is 2.38. The number of fused-ring (bicyclic) bond motifs is 3. The van der Waals surface area contributed by atoms with Crippen LogP contribution in [0.15, 0.2) is 34.7 Å². The van der Waals surface area contributed by atoms with Crippen molar-refractivity contribution in [2.24, 2.45) is 5.92 Å². The van der Waals surface area contributed by atoms with Crippen molar-refractivity contribution in [2.75, 3.05) is 0 Å². The van der Waals surface area contributed by atoms with E-state index in [0.717, 1.165) is 46.9 Å². The number of rotatable bonds is 7. The number of hydrogen-bond donors (Lipinski definition) is 0. The first kappa shape index (κ1) is 21.5. The normalized spacial score (nSPS) is 19.6. The Hall–Kier alpha value is -1.74. The fraction of sp³-hybridized carbons (Fsp3) is 0.519. The van der Waals surface area contributed by atoms with Crippen molar-refractivity contribution in [2.45, 2.75) is 84.0 Å². The second kappa shape index (κ2) is 9.60. The Labute approximate surface area is 184 Å². The standard InChI is InChI=1S/C27H33FOS/c1-3-4-5-6-7-8-20-13-16-23-22-15-14-21(19-11-9-18(2)10-12-19)17-24(22)27(30)29-26(23)25(20)28/h13-19H,3-12H2,1-2H3. The summed E-state index contributed by atoms with van der Waals surface area (Å²) in [6, 6.07) is 10.5. The van der Waals surface area contributed by atoms with Crippen molar-refractivity contribution >= 4 is 34.0 Å². The molecule has 4 rings (SSSR count). The third-order valence-corrected chi connectivity index (χ3v) is 7.27. The van der Waals surface area contributed by atoms with Gasteiger partial charge in [0.2, 0.25) is 0 Å². The summed E-state index contributed by atoms with van der Waals surface area (Å²) >= 11 is 5.57. The minimum absolute atomic E-state index is 0.235. The summed E-state index contributed by atoms with van der Waals surface area (Å²) in [6.07, 6.45) is 11.7. The molecule has 0 aliphatic heterocycles. The van der Waals surface area contributed by atoms with Crippen LogP contribution in [0.3, 0.4) is 0 Å². The molecule has 1 aromatic heterocycles. The van der Waals surface area contributed by atoms with Crippen LogP contribution < -0.4 is 0 Å². The van der Waals surface area contributed by atoms with Gasteiger partial charge >= 0.3 is 0 Å². The van der Waals surface area contributed by atoms with Crippen molar-refractivity contribution in [3.05, 3.63) is 52.0 Å². The van der Waals surface area contributed by atoms with Gasteiger partial charge in [0.1, 0.15) is 0 Å². The van der Waals surface area contributed by atoms with Gasteiger partial charge in [0.05, 0.1) is 0 Å². The molecule has 1 heterocycles. The molecule has 3 heteroatoms. The molecule has 0 N–H and O–H groups in total. The van der Waals surface area contributed by atoms with Gasteiger partial charge in [-0.05, 0) is 72.3 Å². The Morgan fingerprint density at radius 2 is 1.67 bits per heavy atom. The van der Waals surface area contributed by atoms with Crippen LogP contribution in [0.5, 0.6) is 0 Å². The molecular formula is C27H33FOS. The summed E-state index contributed by atoms with van der Waals surface area (Å²) in [6.45, 7) is 4.55. The highest BCUT2D eigenvalue weighted by atomic mass is 32.1. The summed E-state index contributed by atoms with van der Waals surface area (Å²) in [5, 5.41) is 2.78. The van der Waals surface area contributed by atoms with Gasteiger partial charge in [-0.15, -0.1) is 0 Å². The van der Waals surface area contributed by atoms with E-state index in [1.807, 2.05) is 12.1 Å². The highest BCUT2D eigenvalue weighted by Gasteiger charge is 2.21. The minimum atomic E-state index is -0.235. The van der Waals surface area contributed by atoms with Gasteiger partial charge in [-0.25, -0.2) is 4.39 Å². The van der Waals surface area contributed by atoms with Crippen molar-refractivity contribution < 1.29 is 8.81 Å². The lowest BCUT2D eigenvalue weighted by atomic mass is 9.79. The second-order valence-electron chi connectivity index (χ2n) is 9.23. The van der Waals surface area contributed by atoms with E-state index in [9.17, 15) is 0 Å². The van der Waals surface area contributed by atoms with Crippen LogP contribution in [0.2, 0.25) is 0 Å². The number of benzene rings is 2. The monoisotopic (exact) mass is 424 g/mol. The predicted octanol–water partition coefficient (Wildman–Crippen LogP) is 9.26. The molecular weight excluding hydrogens is 391 g/mol. The molecule has 1 fully saturated rings. The fourth-order valence-electron chi connectivity index (χ4n) is 4.98. The molecule has 160 valence electrons. The Morgan fingerprint density at radius 1 is 0.933 bits per heavy atom. The first-order chi connectivity index (χ1) is 14.6. The van der Waals surface area contributed by atoms with Crippen LogP contribution in [0, 0.1) is 16.4 Å². The van der Waals surface area contributed by atoms with Crippen molar-refractivity contribution in [1.29, 1.82) is 0 Å². The lowest BCUT2D eigenvalue weighted by molar-refractivity contribution is 0.348. The molecule has 0 amide bonds. The minimum Gasteiger partial charge on any atom is -0.441 e. The smallest absolute Gasteiger partial charge is 0.198 e. The second-order valence-corrected chi connectivity index (χ2v) is 9.60. The van der Waals surface area contributed by atoms with E-state index in [4.69, 9.17) is 16.6 Å². The van der Waals surface area contributed by atoms with Gasteiger partial charge < -0.3 is 4.42 Å². The number of halogens is 1. The summed E-state index contributed by atoms with van der Waals surface area (Å²) in [5.41, 5.74) is 2.40. The summed E-state index contributed by atoms with van der Waals surface area (Å²) in [7, 11) is 0. The Balaban J connectivity index is 1.64. The van der Waals surface area contributed by atoms with Crippen LogP contribution in [0.25, 0.3) is 21.7 Å². The molecule has 30 heavy (non-hydrogen) atoms. The zero-order valence-electron chi connectivity index (χ0n) is 18.3. The van der Waals surface area contributed by atoms with Gasteiger partial charge in [0.15, 0.2) is 16.1 Å². The van der Waals surface area contributed by atoms with Gasteiger partial charge in [0.25, 0.3) is 0 Å². The van der Waals surface area contributed by atoms with Crippen molar-refractivity contribution in [3.8, 4) is 0 Å². The number of aryl methyl sites for hydroxylation is 1. The molecule has 1 aliphatic carbocycles. The maximum Gasteiger partial charge on any atom is 0.198 e. The molecule has 3 aromatic rings. The average molecular weight is 425 g/mol. The van der Waals surface area contributed by atoms with E-state index >= 15 is 4.39 Å². The van der Waals surface area contributed by atoms with E-state index in [-0.39, 0.29) is 5.82 Å². The Bertz CT molecular complexity index is 1080. The van der Waals surface area contributed by atoms with Gasteiger partial charge in [-0.3, -0.25) is 0 Å². The molecule has 0 saturated heterocycles. The zero-order valence-corrected chi connectivity index (χ0v) is 19.1. The largest absolute Gasteiger partial charge is 0.441 e. The number of unbranched alkanes of at least 4 members (excludes halogenated alkanes) is 4. The van der Waals surface area contributed by atoms with Gasteiger partial charge in [-0.2, -0.15) is 0 Å². The summed E-state index contributed by atoms with van der Waals surface area (Å²) in [5.74, 6) is 1.20. The maximum atomic E-state index is 15.2. The third kappa shape index (κ3) is 4.46. The number of hydrogen-bond acceptors (Lipinski definition) is 2. The molecule has 1 saturated carbocycles. The molecule has 2 aromatic carbocycles. The molecule has 1 aliphatic rings. The predicted molar refractivity (Wildman–Crippen MR) is 127 cm³/mol. The average Bonchev–Trinajstić information content (AvgIpc) is 2.76. The third-order valence-electron chi connectivity index (χ3n) is 6.96. The molecule has 0 unspecified atom stereocenters. The van der Waals surface area contributed by atoms with E-state index in [1.54, 1.807) is 0 Å². The van der Waals surface area contributed by atoms with Gasteiger partial charge in [0, 0.05) is 10.8 Å². The first-order valence-electron chi connectivity index (χ1n) is 11.8. The molecule has 0 bridgehead atoms. The molecule has 0 radical (unpaired) electrons. The summed E-state index contributed by atoms with van der Waals surface area (Å²) < 4.78 is 21.5. The maximum absolute atomic E-state index is 15.2. The quantitative estimate of drug-likeness (QED) is 0.213. The van der Waals surface area contributed by atoms with E-state index in [0.29, 0.717) is 16.2 Å². The molecule has 1 nitrogen and oxygen atoms in total. The first-order valence-corrected chi connectivity index (χ1v) is 12.2.